The fraction of sp³-hybridized carbons (Fsp3) is 0.917. The minimum atomic E-state index is -0.136. The van der Waals surface area contributed by atoms with Crippen LogP contribution in [-0.2, 0) is 0 Å². The number of nitrogens with one attached hydrogen (secondary N) is 1. The minimum Gasteiger partial charge on any atom is -0.333 e. The molecular weight excluding hydrogens is 188 g/mol. The second-order valence-corrected chi connectivity index (χ2v) is 5.40. The van der Waals surface area contributed by atoms with Gasteiger partial charge in [-0.15, -0.1) is 0 Å². The monoisotopic (exact) mass is 212 g/mol. The summed E-state index contributed by atoms with van der Waals surface area (Å²) in [5.74, 6) is 0. The smallest absolute Gasteiger partial charge is 0.318 e. The molecular formula is C12H24N2O. The van der Waals surface area contributed by atoms with Crippen molar-refractivity contribution in [3.63, 3.8) is 0 Å². The second-order valence-electron chi connectivity index (χ2n) is 5.40. The standard InChI is InChI=1S/C12H24N2O/c1-5-14(10-8-6-7-9-10)11(15)13-12(2,3)4/h10H,5-9H2,1-4H3,(H,13,15). The summed E-state index contributed by atoms with van der Waals surface area (Å²) in [7, 11) is 0. The first-order chi connectivity index (χ1) is 6.94. The van der Waals surface area contributed by atoms with Crippen molar-refractivity contribution in [3.8, 4) is 0 Å². The summed E-state index contributed by atoms with van der Waals surface area (Å²) in [5.41, 5.74) is -0.136. The van der Waals surface area contributed by atoms with Gasteiger partial charge in [0, 0.05) is 18.1 Å². The van der Waals surface area contributed by atoms with Crippen molar-refractivity contribution in [3.05, 3.63) is 0 Å². The lowest BCUT2D eigenvalue weighted by Crippen LogP contribution is -2.51. The molecule has 0 atom stereocenters. The minimum absolute atomic E-state index is 0.0944. The molecule has 0 radical (unpaired) electrons. The quantitative estimate of drug-likeness (QED) is 0.750. The number of urea groups is 1. The molecule has 0 saturated heterocycles. The van der Waals surface area contributed by atoms with Crippen LogP contribution >= 0.6 is 0 Å². The average molecular weight is 212 g/mol. The van der Waals surface area contributed by atoms with Gasteiger partial charge in [-0.25, -0.2) is 4.79 Å². The van der Waals surface area contributed by atoms with E-state index in [9.17, 15) is 4.79 Å². The van der Waals surface area contributed by atoms with E-state index < -0.39 is 0 Å². The lowest BCUT2D eigenvalue weighted by molar-refractivity contribution is 0.170. The van der Waals surface area contributed by atoms with Crippen molar-refractivity contribution < 1.29 is 4.79 Å². The van der Waals surface area contributed by atoms with Crippen molar-refractivity contribution in [2.45, 2.75) is 65.0 Å². The van der Waals surface area contributed by atoms with E-state index >= 15 is 0 Å². The maximum absolute atomic E-state index is 12.0. The molecule has 0 bridgehead atoms. The lowest BCUT2D eigenvalue weighted by Gasteiger charge is -2.31. The molecule has 0 unspecified atom stereocenters. The Morgan fingerprint density at radius 1 is 1.33 bits per heavy atom. The zero-order valence-electron chi connectivity index (χ0n) is 10.5. The molecule has 3 heteroatoms. The number of nitrogens with zero attached hydrogens (tertiary/aromatic N) is 1. The number of carbonyl (C=O) groups excluding carboxylic acids is 1. The third kappa shape index (κ3) is 3.73. The molecule has 88 valence electrons. The van der Waals surface area contributed by atoms with E-state index in [1.54, 1.807) is 0 Å². The largest absolute Gasteiger partial charge is 0.333 e. The van der Waals surface area contributed by atoms with E-state index in [4.69, 9.17) is 0 Å². The lowest BCUT2D eigenvalue weighted by atomic mass is 10.1. The zero-order chi connectivity index (χ0) is 11.5. The second kappa shape index (κ2) is 4.86. The van der Waals surface area contributed by atoms with Gasteiger partial charge in [-0.05, 0) is 40.5 Å². The van der Waals surface area contributed by atoms with Gasteiger partial charge in [0.05, 0.1) is 0 Å². The van der Waals surface area contributed by atoms with Crippen LogP contribution in [0.2, 0.25) is 0 Å². The van der Waals surface area contributed by atoms with Gasteiger partial charge in [-0.1, -0.05) is 12.8 Å². The van der Waals surface area contributed by atoms with Crippen LogP contribution < -0.4 is 5.32 Å². The van der Waals surface area contributed by atoms with Gasteiger partial charge in [0.1, 0.15) is 0 Å². The van der Waals surface area contributed by atoms with Crippen LogP contribution in [0.5, 0.6) is 0 Å². The van der Waals surface area contributed by atoms with Gasteiger partial charge in [-0.2, -0.15) is 0 Å². The zero-order valence-corrected chi connectivity index (χ0v) is 10.5. The summed E-state index contributed by atoms with van der Waals surface area (Å²) < 4.78 is 0. The first-order valence-corrected chi connectivity index (χ1v) is 6.03. The Bertz CT molecular complexity index is 214. The Hall–Kier alpha value is -0.730. The third-order valence-corrected chi connectivity index (χ3v) is 2.85. The van der Waals surface area contributed by atoms with Crippen LogP contribution in [0.3, 0.4) is 0 Å². The first-order valence-electron chi connectivity index (χ1n) is 6.03. The SMILES string of the molecule is CCN(C(=O)NC(C)(C)C)C1CCCC1. The molecule has 1 fully saturated rings. The number of rotatable bonds is 2. The molecule has 15 heavy (non-hydrogen) atoms. The Morgan fingerprint density at radius 2 is 1.87 bits per heavy atom. The number of hydrogen-bond donors (Lipinski definition) is 1. The first kappa shape index (κ1) is 12.3. The van der Waals surface area contributed by atoms with E-state index in [0.717, 1.165) is 6.54 Å². The van der Waals surface area contributed by atoms with E-state index in [0.29, 0.717) is 6.04 Å². The number of carbonyl (C=O) groups is 1. The highest BCUT2D eigenvalue weighted by atomic mass is 16.2. The normalized spacial score (nSPS) is 17.9. The molecule has 0 aliphatic heterocycles. The van der Waals surface area contributed by atoms with Crippen molar-refractivity contribution in [2.75, 3.05) is 6.54 Å². The molecule has 2 amide bonds. The summed E-state index contributed by atoms with van der Waals surface area (Å²) in [6, 6.07) is 0.564. The van der Waals surface area contributed by atoms with Crippen LogP contribution in [0.1, 0.15) is 53.4 Å². The van der Waals surface area contributed by atoms with Gasteiger partial charge in [0.25, 0.3) is 0 Å². The van der Waals surface area contributed by atoms with Gasteiger partial charge >= 0.3 is 6.03 Å². The maximum atomic E-state index is 12.0. The Labute approximate surface area is 93.2 Å². The predicted octanol–water partition coefficient (Wildman–Crippen LogP) is 2.76. The fourth-order valence-electron chi connectivity index (χ4n) is 2.18. The molecule has 3 nitrogen and oxygen atoms in total. The molecule has 0 aromatic rings. The molecule has 0 aromatic heterocycles. The number of amides is 2. The van der Waals surface area contributed by atoms with Gasteiger partial charge < -0.3 is 10.2 Å². The van der Waals surface area contributed by atoms with E-state index in [-0.39, 0.29) is 11.6 Å². The summed E-state index contributed by atoms with van der Waals surface area (Å²) in [4.78, 5) is 14.0. The maximum Gasteiger partial charge on any atom is 0.318 e. The molecule has 1 rings (SSSR count). The van der Waals surface area contributed by atoms with E-state index in [1.165, 1.54) is 25.7 Å². The van der Waals surface area contributed by atoms with Crippen LogP contribution in [0.25, 0.3) is 0 Å². The van der Waals surface area contributed by atoms with Crippen molar-refractivity contribution in [1.82, 2.24) is 10.2 Å². The van der Waals surface area contributed by atoms with Crippen LogP contribution in [0.15, 0.2) is 0 Å². The van der Waals surface area contributed by atoms with Crippen molar-refractivity contribution in [1.29, 1.82) is 0 Å². The van der Waals surface area contributed by atoms with Crippen molar-refractivity contribution >= 4 is 6.03 Å². The van der Waals surface area contributed by atoms with Crippen molar-refractivity contribution in [2.24, 2.45) is 0 Å². The molecule has 0 heterocycles. The van der Waals surface area contributed by atoms with E-state index in [1.807, 2.05) is 25.7 Å². The topological polar surface area (TPSA) is 32.3 Å². The van der Waals surface area contributed by atoms with Gasteiger partial charge in [-0.3, -0.25) is 0 Å². The highest BCUT2D eigenvalue weighted by Crippen LogP contribution is 2.23. The summed E-state index contributed by atoms with van der Waals surface area (Å²) >= 11 is 0. The predicted molar refractivity (Wildman–Crippen MR) is 62.9 cm³/mol. The highest BCUT2D eigenvalue weighted by Gasteiger charge is 2.27. The van der Waals surface area contributed by atoms with Crippen LogP contribution in [0.4, 0.5) is 4.79 Å². The molecule has 1 aliphatic carbocycles. The van der Waals surface area contributed by atoms with Gasteiger partial charge in [0.2, 0.25) is 0 Å². The average Bonchev–Trinajstić information content (AvgIpc) is 2.54. The molecule has 1 N–H and O–H groups in total. The Morgan fingerprint density at radius 3 is 2.27 bits per heavy atom. The summed E-state index contributed by atoms with van der Waals surface area (Å²) in [5, 5.41) is 3.03. The Balaban J connectivity index is 2.53. The molecule has 1 aliphatic rings. The molecule has 1 saturated carbocycles. The van der Waals surface area contributed by atoms with Gasteiger partial charge in [0.15, 0.2) is 0 Å². The van der Waals surface area contributed by atoms with Crippen LogP contribution in [-0.4, -0.2) is 29.1 Å². The Kier molecular flexibility index (Phi) is 4.00. The third-order valence-electron chi connectivity index (χ3n) is 2.85. The van der Waals surface area contributed by atoms with Crippen LogP contribution in [0, 0.1) is 0 Å². The summed E-state index contributed by atoms with van der Waals surface area (Å²) in [6.07, 6.45) is 4.88. The van der Waals surface area contributed by atoms with E-state index in [2.05, 4.69) is 12.2 Å². The summed E-state index contributed by atoms with van der Waals surface area (Å²) in [6.45, 7) is 8.93. The highest BCUT2D eigenvalue weighted by molar-refractivity contribution is 5.75. The number of hydrogen-bond acceptors (Lipinski definition) is 1. The molecule has 0 spiro atoms. The molecule has 0 aromatic carbocycles. The fourth-order valence-corrected chi connectivity index (χ4v) is 2.18.